The van der Waals surface area contributed by atoms with Crippen LogP contribution in [0.3, 0.4) is 0 Å². The Hall–Kier alpha value is -2.22. The van der Waals surface area contributed by atoms with Gasteiger partial charge >= 0.3 is 5.69 Å². The molecule has 0 aliphatic carbocycles. The van der Waals surface area contributed by atoms with Gasteiger partial charge in [-0.15, -0.1) is 0 Å². The summed E-state index contributed by atoms with van der Waals surface area (Å²) in [4.78, 5) is 25.9. The quantitative estimate of drug-likeness (QED) is 0.713. The lowest BCUT2D eigenvalue weighted by atomic mass is 10.2. The van der Waals surface area contributed by atoms with Gasteiger partial charge in [-0.1, -0.05) is 37.3 Å². The summed E-state index contributed by atoms with van der Waals surface area (Å²) in [5.41, 5.74) is 0.309. The molecular weight excluding hydrogens is 312 g/mol. The lowest BCUT2D eigenvalue weighted by molar-refractivity contribution is -0.0271. The summed E-state index contributed by atoms with van der Waals surface area (Å²) in [5.74, 6) is 0. The van der Waals surface area contributed by atoms with Crippen LogP contribution in [0.1, 0.15) is 24.5 Å². The summed E-state index contributed by atoms with van der Waals surface area (Å²) in [6.07, 6.45) is 1.71. The van der Waals surface area contributed by atoms with E-state index in [1.54, 1.807) is 0 Å². The summed E-state index contributed by atoms with van der Waals surface area (Å²) >= 11 is 0. The molecule has 0 aliphatic rings. The van der Waals surface area contributed by atoms with E-state index in [0.717, 1.165) is 5.56 Å². The first-order valence-electron chi connectivity index (χ1n) is 7.80. The number of hydrogen-bond acceptors (Lipinski definition) is 5. The second kappa shape index (κ2) is 9.17. The van der Waals surface area contributed by atoms with Gasteiger partial charge in [0.05, 0.1) is 31.5 Å². The fourth-order valence-corrected chi connectivity index (χ4v) is 2.09. The molecule has 0 aliphatic heterocycles. The third-order valence-electron chi connectivity index (χ3n) is 3.56. The van der Waals surface area contributed by atoms with Gasteiger partial charge in [0, 0.05) is 6.20 Å². The fourth-order valence-electron chi connectivity index (χ4n) is 2.09. The molecule has 130 valence electrons. The van der Waals surface area contributed by atoms with Crippen molar-refractivity contribution in [3.63, 3.8) is 0 Å². The molecule has 0 amide bonds. The van der Waals surface area contributed by atoms with Crippen LogP contribution in [-0.2, 0) is 29.4 Å². The van der Waals surface area contributed by atoms with Crippen LogP contribution < -0.4 is 11.2 Å². The minimum atomic E-state index is -0.556. The third-order valence-corrected chi connectivity index (χ3v) is 3.56. The first-order chi connectivity index (χ1) is 11.6. The Morgan fingerprint density at radius 1 is 1.21 bits per heavy atom. The van der Waals surface area contributed by atoms with E-state index in [1.807, 2.05) is 37.3 Å². The van der Waals surface area contributed by atoms with Crippen LogP contribution in [0, 0.1) is 0 Å². The number of aromatic amines is 1. The molecule has 2 rings (SSSR count). The van der Waals surface area contributed by atoms with E-state index in [1.165, 1.54) is 10.8 Å². The SMILES string of the molecule is CC[C@@H](CO)OCn1cc(COCc2ccccc2)c(=O)[nH]c1=O. The number of aliphatic hydroxyl groups excluding tert-OH is 1. The Kier molecular flexibility index (Phi) is 6.92. The Bertz CT molecular complexity index is 735. The third kappa shape index (κ3) is 5.16. The second-order valence-corrected chi connectivity index (χ2v) is 5.37. The smallest absolute Gasteiger partial charge is 0.330 e. The van der Waals surface area contributed by atoms with E-state index in [-0.39, 0.29) is 26.0 Å². The van der Waals surface area contributed by atoms with E-state index in [9.17, 15) is 9.59 Å². The first-order valence-corrected chi connectivity index (χ1v) is 7.80. The van der Waals surface area contributed by atoms with Crippen LogP contribution in [0.5, 0.6) is 0 Å². The molecule has 0 unspecified atom stereocenters. The maximum atomic E-state index is 11.9. The first kappa shape index (κ1) is 18.1. The predicted molar refractivity (Wildman–Crippen MR) is 88.5 cm³/mol. The number of H-pyrrole nitrogens is 1. The highest BCUT2D eigenvalue weighted by atomic mass is 16.5. The zero-order valence-electron chi connectivity index (χ0n) is 13.6. The maximum Gasteiger partial charge on any atom is 0.330 e. The molecular formula is C17H22N2O5. The highest BCUT2D eigenvalue weighted by molar-refractivity contribution is 5.13. The molecule has 0 saturated carbocycles. The summed E-state index contributed by atoms with van der Waals surface area (Å²) < 4.78 is 12.2. The molecule has 24 heavy (non-hydrogen) atoms. The van der Waals surface area contributed by atoms with Gasteiger partial charge in [-0.2, -0.15) is 0 Å². The molecule has 1 atom stereocenters. The maximum absolute atomic E-state index is 11.9. The van der Waals surface area contributed by atoms with Crippen molar-refractivity contribution < 1.29 is 14.6 Å². The Morgan fingerprint density at radius 2 is 1.96 bits per heavy atom. The van der Waals surface area contributed by atoms with Crippen molar-refractivity contribution in [2.24, 2.45) is 0 Å². The number of nitrogens with one attached hydrogen (secondary N) is 1. The van der Waals surface area contributed by atoms with E-state index in [0.29, 0.717) is 18.6 Å². The fraction of sp³-hybridized carbons (Fsp3) is 0.412. The molecule has 1 aromatic carbocycles. The monoisotopic (exact) mass is 334 g/mol. The van der Waals surface area contributed by atoms with Gasteiger partial charge in [-0.3, -0.25) is 14.3 Å². The zero-order chi connectivity index (χ0) is 17.4. The van der Waals surface area contributed by atoms with Gasteiger partial charge in [0.2, 0.25) is 0 Å². The minimum Gasteiger partial charge on any atom is -0.394 e. The highest BCUT2D eigenvalue weighted by Crippen LogP contribution is 2.03. The van der Waals surface area contributed by atoms with Crippen LogP contribution in [0.15, 0.2) is 46.1 Å². The molecule has 0 bridgehead atoms. The largest absolute Gasteiger partial charge is 0.394 e. The van der Waals surface area contributed by atoms with Gasteiger partial charge in [-0.25, -0.2) is 4.79 Å². The van der Waals surface area contributed by atoms with Crippen molar-refractivity contribution in [1.82, 2.24) is 9.55 Å². The van der Waals surface area contributed by atoms with Gasteiger partial charge in [-0.05, 0) is 12.0 Å². The minimum absolute atomic E-state index is 0.0413. The Morgan fingerprint density at radius 3 is 2.62 bits per heavy atom. The molecule has 0 saturated heterocycles. The highest BCUT2D eigenvalue weighted by Gasteiger charge is 2.08. The van der Waals surface area contributed by atoms with E-state index in [4.69, 9.17) is 14.6 Å². The van der Waals surface area contributed by atoms with Gasteiger partial charge < -0.3 is 14.6 Å². The van der Waals surface area contributed by atoms with Crippen LogP contribution in [0.4, 0.5) is 0 Å². The average Bonchev–Trinajstić information content (AvgIpc) is 2.60. The summed E-state index contributed by atoms with van der Waals surface area (Å²) in [5, 5.41) is 9.11. The number of hydrogen-bond donors (Lipinski definition) is 2. The second-order valence-electron chi connectivity index (χ2n) is 5.37. The molecule has 0 spiro atoms. The van der Waals surface area contributed by atoms with Gasteiger partial charge in [0.15, 0.2) is 0 Å². The molecule has 1 aromatic heterocycles. The molecule has 1 heterocycles. The zero-order valence-corrected chi connectivity index (χ0v) is 13.6. The van der Waals surface area contributed by atoms with Crippen molar-refractivity contribution in [3.05, 3.63) is 68.5 Å². The molecule has 0 fully saturated rings. The standard InChI is InChI=1S/C17H22N2O5/c1-2-15(9-20)24-12-19-8-14(16(21)18-17(19)22)11-23-10-13-6-4-3-5-7-13/h3-8,15,20H,2,9-12H2,1H3,(H,18,21,22)/t15-/m0/s1. The number of nitrogens with zero attached hydrogens (tertiary/aromatic N) is 1. The number of rotatable bonds is 9. The van der Waals surface area contributed by atoms with Crippen molar-refractivity contribution in [2.75, 3.05) is 6.61 Å². The van der Waals surface area contributed by atoms with Crippen LogP contribution >= 0.6 is 0 Å². The van der Waals surface area contributed by atoms with Crippen molar-refractivity contribution in [3.8, 4) is 0 Å². The normalized spacial score (nSPS) is 12.2. The summed E-state index contributed by atoms with van der Waals surface area (Å²) in [7, 11) is 0. The summed E-state index contributed by atoms with van der Waals surface area (Å²) in [6.45, 7) is 2.17. The summed E-state index contributed by atoms with van der Waals surface area (Å²) in [6, 6.07) is 9.60. The number of aliphatic hydroxyl groups is 1. The van der Waals surface area contributed by atoms with Crippen molar-refractivity contribution >= 4 is 0 Å². The van der Waals surface area contributed by atoms with Gasteiger partial charge in [0.1, 0.15) is 6.73 Å². The molecule has 2 aromatic rings. The van der Waals surface area contributed by atoms with Crippen LogP contribution in [0.25, 0.3) is 0 Å². The molecule has 7 nitrogen and oxygen atoms in total. The topological polar surface area (TPSA) is 93.6 Å². The van der Waals surface area contributed by atoms with Gasteiger partial charge in [0.25, 0.3) is 5.56 Å². The van der Waals surface area contributed by atoms with E-state index in [2.05, 4.69) is 4.98 Å². The van der Waals surface area contributed by atoms with Crippen molar-refractivity contribution in [1.29, 1.82) is 0 Å². The van der Waals surface area contributed by atoms with Crippen molar-refractivity contribution in [2.45, 2.75) is 39.4 Å². The molecule has 2 N–H and O–H groups in total. The van der Waals surface area contributed by atoms with E-state index < -0.39 is 11.2 Å². The lowest BCUT2D eigenvalue weighted by Gasteiger charge is -2.14. The Labute approximate surface area is 139 Å². The molecule has 0 radical (unpaired) electrons. The molecule has 7 heteroatoms. The average molecular weight is 334 g/mol. The predicted octanol–water partition coefficient (Wildman–Crippen LogP) is 0.998. The lowest BCUT2D eigenvalue weighted by Crippen LogP contribution is -2.33. The number of aromatic nitrogens is 2. The van der Waals surface area contributed by atoms with Crippen LogP contribution in [0.2, 0.25) is 0 Å². The van der Waals surface area contributed by atoms with E-state index >= 15 is 0 Å². The Balaban J connectivity index is 2.00. The van der Waals surface area contributed by atoms with Crippen LogP contribution in [-0.4, -0.2) is 27.4 Å². The number of benzene rings is 1. The number of ether oxygens (including phenoxy) is 2.